The Hall–Kier alpha value is -2.69. The van der Waals surface area contributed by atoms with Gasteiger partial charge in [-0.1, -0.05) is 18.2 Å². The lowest BCUT2D eigenvalue weighted by Crippen LogP contribution is -2.27. The van der Waals surface area contributed by atoms with Crippen molar-refractivity contribution in [2.24, 2.45) is 0 Å². The quantitative estimate of drug-likeness (QED) is 0.860. The normalized spacial score (nSPS) is 16.7. The highest BCUT2D eigenvalue weighted by Crippen LogP contribution is 2.31. The van der Waals surface area contributed by atoms with Crippen LogP contribution in [-0.2, 0) is 4.79 Å². The van der Waals surface area contributed by atoms with E-state index in [2.05, 4.69) is 15.3 Å². The molecule has 1 aromatic carbocycles. The Bertz CT molecular complexity index is 641. The van der Waals surface area contributed by atoms with Gasteiger partial charge in [0.25, 0.3) is 0 Å². The first kappa shape index (κ1) is 12.3. The van der Waals surface area contributed by atoms with E-state index in [4.69, 9.17) is 4.74 Å². The summed E-state index contributed by atoms with van der Waals surface area (Å²) in [5, 5.41) is 2.91. The number of rotatable bonds is 3. The number of carbonyl (C=O) groups is 1. The zero-order chi connectivity index (χ0) is 13.8. The van der Waals surface area contributed by atoms with E-state index in [-0.39, 0.29) is 11.9 Å². The minimum absolute atomic E-state index is 0.106. The van der Waals surface area contributed by atoms with Gasteiger partial charge in [0, 0.05) is 24.0 Å². The second-order valence-corrected chi connectivity index (χ2v) is 4.37. The van der Waals surface area contributed by atoms with Crippen molar-refractivity contribution in [3.8, 4) is 5.75 Å². The summed E-state index contributed by atoms with van der Waals surface area (Å²) in [7, 11) is 0. The Morgan fingerprint density at radius 3 is 3.10 bits per heavy atom. The molecule has 0 fully saturated rings. The fraction of sp³-hybridized carbons (Fsp3) is 0.133. The summed E-state index contributed by atoms with van der Waals surface area (Å²) in [5.74, 6) is 0.650. The molecule has 0 radical (unpaired) electrons. The van der Waals surface area contributed by atoms with Crippen molar-refractivity contribution in [2.75, 3.05) is 6.61 Å². The molecule has 1 aromatic heterocycles. The van der Waals surface area contributed by atoms with Crippen molar-refractivity contribution >= 4 is 12.0 Å². The number of hydrogen-bond donors (Lipinski definition) is 1. The molecule has 1 unspecified atom stereocenters. The molecule has 1 aliphatic rings. The molecular formula is C15H13N3O2. The van der Waals surface area contributed by atoms with Crippen LogP contribution in [0.15, 0.2) is 48.9 Å². The molecule has 1 aliphatic heterocycles. The molecule has 0 saturated carbocycles. The van der Waals surface area contributed by atoms with Crippen LogP contribution < -0.4 is 10.1 Å². The van der Waals surface area contributed by atoms with Crippen molar-refractivity contribution in [3.63, 3.8) is 0 Å². The summed E-state index contributed by atoms with van der Waals surface area (Å²) in [6.45, 7) is 0.462. The largest absolute Gasteiger partial charge is 0.491 e. The van der Waals surface area contributed by atoms with Crippen LogP contribution in [-0.4, -0.2) is 22.5 Å². The highest BCUT2D eigenvalue weighted by molar-refractivity contribution is 5.91. The average molecular weight is 267 g/mol. The molecule has 5 nitrogen and oxygen atoms in total. The maximum Gasteiger partial charge on any atom is 0.244 e. The minimum Gasteiger partial charge on any atom is -0.491 e. The zero-order valence-corrected chi connectivity index (χ0v) is 10.7. The monoisotopic (exact) mass is 267 g/mol. The number of hydrogen-bond acceptors (Lipinski definition) is 4. The van der Waals surface area contributed by atoms with E-state index in [1.807, 2.05) is 24.3 Å². The lowest BCUT2D eigenvalue weighted by Gasteiger charge is -2.09. The minimum atomic E-state index is -0.180. The van der Waals surface area contributed by atoms with Gasteiger partial charge in [0.1, 0.15) is 12.4 Å². The maximum absolute atomic E-state index is 11.9. The van der Waals surface area contributed by atoms with Crippen LogP contribution in [0.25, 0.3) is 6.08 Å². The predicted octanol–water partition coefficient (Wildman–Crippen LogP) is 1.74. The Morgan fingerprint density at radius 1 is 1.35 bits per heavy atom. The molecule has 1 N–H and O–H groups in total. The number of nitrogens with zero attached hydrogens (tertiary/aromatic N) is 2. The van der Waals surface area contributed by atoms with Crippen LogP contribution in [0.3, 0.4) is 0 Å². The number of fused-ring (bicyclic) bond motifs is 1. The average Bonchev–Trinajstić information content (AvgIpc) is 2.90. The zero-order valence-electron chi connectivity index (χ0n) is 10.7. The van der Waals surface area contributed by atoms with Gasteiger partial charge in [0.2, 0.25) is 5.91 Å². The van der Waals surface area contributed by atoms with Crippen molar-refractivity contribution in [2.45, 2.75) is 6.04 Å². The summed E-state index contributed by atoms with van der Waals surface area (Å²) in [4.78, 5) is 19.9. The number of nitrogens with one attached hydrogen (secondary N) is 1. The third kappa shape index (κ3) is 2.66. The number of amides is 1. The third-order valence-corrected chi connectivity index (χ3v) is 3.01. The highest BCUT2D eigenvalue weighted by atomic mass is 16.5. The van der Waals surface area contributed by atoms with Crippen LogP contribution in [0.1, 0.15) is 17.3 Å². The standard InChI is InChI=1S/C15H13N3O2/c19-15(6-5-11-9-16-7-8-17-11)18-13-10-20-14-4-2-1-3-12(13)14/h1-9,13H,10H2,(H,18,19)/b6-5+. The Balaban J connectivity index is 1.65. The predicted molar refractivity (Wildman–Crippen MR) is 73.9 cm³/mol. The molecule has 5 heteroatoms. The number of ether oxygens (including phenoxy) is 1. The van der Waals surface area contributed by atoms with Crippen molar-refractivity contribution in [3.05, 3.63) is 60.2 Å². The van der Waals surface area contributed by atoms with E-state index in [1.165, 1.54) is 6.08 Å². The van der Waals surface area contributed by atoms with E-state index in [1.54, 1.807) is 24.7 Å². The first-order chi connectivity index (χ1) is 9.83. The van der Waals surface area contributed by atoms with Gasteiger partial charge in [-0.3, -0.25) is 14.8 Å². The van der Waals surface area contributed by atoms with Crippen molar-refractivity contribution < 1.29 is 9.53 Å². The number of para-hydroxylation sites is 1. The number of aromatic nitrogens is 2. The van der Waals surface area contributed by atoms with Crippen LogP contribution in [0.4, 0.5) is 0 Å². The van der Waals surface area contributed by atoms with Crippen LogP contribution in [0, 0.1) is 0 Å². The molecule has 0 aliphatic carbocycles. The SMILES string of the molecule is O=C(/C=C/c1cnccn1)NC1COc2ccccc21. The maximum atomic E-state index is 11.9. The van der Waals surface area contributed by atoms with Crippen molar-refractivity contribution in [1.82, 2.24) is 15.3 Å². The lowest BCUT2D eigenvalue weighted by atomic mass is 10.1. The van der Waals surface area contributed by atoms with Gasteiger partial charge in [-0.15, -0.1) is 0 Å². The van der Waals surface area contributed by atoms with E-state index in [0.29, 0.717) is 12.3 Å². The smallest absolute Gasteiger partial charge is 0.244 e. The van der Waals surface area contributed by atoms with Crippen LogP contribution in [0.5, 0.6) is 5.75 Å². The Labute approximate surface area is 116 Å². The number of carbonyl (C=O) groups excluding carboxylic acids is 1. The van der Waals surface area contributed by atoms with Crippen LogP contribution in [0.2, 0.25) is 0 Å². The van der Waals surface area contributed by atoms with E-state index in [9.17, 15) is 4.79 Å². The molecule has 20 heavy (non-hydrogen) atoms. The van der Waals surface area contributed by atoms with Crippen LogP contribution >= 0.6 is 0 Å². The Morgan fingerprint density at radius 2 is 2.25 bits per heavy atom. The van der Waals surface area contributed by atoms with Gasteiger partial charge in [-0.05, 0) is 12.1 Å². The fourth-order valence-electron chi connectivity index (χ4n) is 2.06. The Kier molecular flexibility index (Phi) is 3.41. The van der Waals surface area contributed by atoms with E-state index < -0.39 is 0 Å². The van der Waals surface area contributed by atoms with Gasteiger partial charge in [0.15, 0.2) is 0 Å². The molecule has 1 atom stereocenters. The van der Waals surface area contributed by atoms with Gasteiger partial charge in [-0.2, -0.15) is 0 Å². The first-order valence-electron chi connectivity index (χ1n) is 6.29. The topological polar surface area (TPSA) is 64.1 Å². The van der Waals surface area contributed by atoms with Gasteiger partial charge in [-0.25, -0.2) is 0 Å². The molecule has 2 aromatic rings. The molecule has 0 bridgehead atoms. The summed E-state index contributed by atoms with van der Waals surface area (Å²) in [6.07, 6.45) is 7.84. The molecule has 1 amide bonds. The summed E-state index contributed by atoms with van der Waals surface area (Å²) in [6, 6.07) is 7.60. The fourth-order valence-corrected chi connectivity index (χ4v) is 2.06. The molecule has 0 spiro atoms. The van der Waals surface area contributed by atoms with Gasteiger partial charge < -0.3 is 10.1 Å². The van der Waals surface area contributed by atoms with Gasteiger partial charge in [0.05, 0.1) is 17.9 Å². The second kappa shape index (κ2) is 5.52. The van der Waals surface area contributed by atoms with E-state index in [0.717, 1.165) is 11.3 Å². The molecule has 0 saturated heterocycles. The highest BCUT2D eigenvalue weighted by Gasteiger charge is 2.24. The number of benzene rings is 1. The molecule has 100 valence electrons. The summed E-state index contributed by atoms with van der Waals surface area (Å²) >= 11 is 0. The second-order valence-electron chi connectivity index (χ2n) is 4.37. The molecule has 2 heterocycles. The van der Waals surface area contributed by atoms with Gasteiger partial charge >= 0.3 is 0 Å². The molecule has 3 rings (SSSR count). The summed E-state index contributed by atoms with van der Waals surface area (Å²) in [5.41, 5.74) is 1.65. The third-order valence-electron chi connectivity index (χ3n) is 3.01. The lowest BCUT2D eigenvalue weighted by molar-refractivity contribution is -0.117. The summed E-state index contributed by atoms with van der Waals surface area (Å²) < 4.78 is 5.51. The van der Waals surface area contributed by atoms with Crippen molar-refractivity contribution in [1.29, 1.82) is 0 Å². The first-order valence-corrected chi connectivity index (χ1v) is 6.29. The van der Waals surface area contributed by atoms with E-state index >= 15 is 0 Å². The molecular weight excluding hydrogens is 254 g/mol.